The Morgan fingerprint density at radius 1 is 1.08 bits per heavy atom. The van der Waals surface area contributed by atoms with E-state index in [0.717, 1.165) is 17.7 Å². The van der Waals surface area contributed by atoms with Crippen LogP contribution in [0.4, 0.5) is 11.4 Å². The van der Waals surface area contributed by atoms with Gasteiger partial charge in [-0.05, 0) is 37.1 Å². The van der Waals surface area contributed by atoms with Crippen LogP contribution in [0.15, 0.2) is 48.5 Å². The van der Waals surface area contributed by atoms with Gasteiger partial charge in [0.1, 0.15) is 11.8 Å². The van der Waals surface area contributed by atoms with E-state index >= 15 is 0 Å². The van der Waals surface area contributed by atoms with Crippen LogP contribution in [0.25, 0.3) is 0 Å². The van der Waals surface area contributed by atoms with Gasteiger partial charge in [0.05, 0.1) is 18.7 Å². The smallest absolute Gasteiger partial charge is 0.256 e. The van der Waals surface area contributed by atoms with E-state index in [4.69, 9.17) is 4.74 Å². The highest BCUT2D eigenvalue weighted by atomic mass is 16.5. The third kappa shape index (κ3) is 3.36. The molecule has 5 heteroatoms. The maximum Gasteiger partial charge on any atom is 0.256 e. The molecule has 0 unspecified atom stereocenters. The number of benzene rings is 2. The second kappa shape index (κ2) is 7.38. The monoisotopic (exact) mass is 338 g/mol. The van der Waals surface area contributed by atoms with Gasteiger partial charge in [0.15, 0.2) is 0 Å². The first-order valence-corrected chi connectivity index (χ1v) is 8.58. The third-order valence-electron chi connectivity index (χ3n) is 4.28. The van der Waals surface area contributed by atoms with Gasteiger partial charge in [0.2, 0.25) is 5.91 Å². The molecular weight excluding hydrogens is 316 g/mol. The Kier molecular flexibility index (Phi) is 5.03. The molecule has 2 aromatic carbocycles. The SMILES string of the molecule is CCOc1ccccc1N1C(=O)C[C@@H](Nc2ccccc2CC)C1=O. The maximum absolute atomic E-state index is 12.9. The van der Waals surface area contributed by atoms with Crippen LogP contribution < -0.4 is 15.0 Å². The van der Waals surface area contributed by atoms with Crippen molar-refractivity contribution in [2.75, 3.05) is 16.8 Å². The molecule has 1 fully saturated rings. The van der Waals surface area contributed by atoms with Gasteiger partial charge < -0.3 is 10.1 Å². The molecule has 1 atom stereocenters. The van der Waals surface area contributed by atoms with Gasteiger partial charge in [-0.1, -0.05) is 37.3 Å². The fraction of sp³-hybridized carbons (Fsp3) is 0.300. The van der Waals surface area contributed by atoms with Crippen molar-refractivity contribution in [1.29, 1.82) is 0 Å². The van der Waals surface area contributed by atoms with Gasteiger partial charge in [0.25, 0.3) is 5.91 Å². The van der Waals surface area contributed by atoms with Crippen LogP contribution in [0.2, 0.25) is 0 Å². The van der Waals surface area contributed by atoms with Gasteiger partial charge in [0, 0.05) is 5.69 Å². The van der Waals surface area contributed by atoms with E-state index in [0.29, 0.717) is 18.0 Å². The van der Waals surface area contributed by atoms with Crippen molar-refractivity contribution in [3.8, 4) is 5.75 Å². The van der Waals surface area contributed by atoms with Gasteiger partial charge in [-0.15, -0.1) is 0 Å². The molecular formula is C20H22N2O3. The largest absolute Gasteiger partial charge is 0.492 e. The number of hydrogen-bond donors (Lipinski definition) is 1. The Morgan fingerprint density at radius 2 is 1.80 bits per heavy atom. The highest BCUT2D eigenvalue weighted by molar-refractivity contribution is 6.23. The number of hydrogen-bond acceptors (Lipinski definition) is 4. The average Bonchev–Trinajstić information content (AvgIpc) is 2.90. The molecule has 0 radical (unpaired) electrons. The lowest BCUT2D eigenvalue weighted by Gasteiger charge is -2.19. The number of carbonyl (C=O) groups excluding carboxylic acids is 2. The molecule has 130 valence electrons. The number of para-hydroxylation sites is 3. The Morgan fingerprint density at radius 3 is 2.56 bits per heavy atom. The molecule has 2 aromatic rings. The summed E-state index contributed by atoms with van der Waals surface area (Å²) in [4.78, 5) is 26.6. The number of aryl methyl sites for hydroxylation is 1. The van der Waals surface area contributed by atoms with Crippen LogP contribution in [0, 0.1) is 0 Å². The quantitative estimate of drug-likeness (QED) is 0.820. The van der Waals surface area contributed by atoms with Crippen LogP contribution in [0.5, 0.6) is 5.75 Å². The zero-order valence-electron chi connectivity index (χ0n) is 14.5. The molecule has 0 saturated carbocycles. The molecule has 0 spiro atoms. The van der Waals surface area contributed by atoms with Crippen molar-refractivity contribution >= 4 is 23.2 Å². The summed E-state index contributed by atoms with van der Waals surface area (Å²) in [7, 11) is 0. The summed E-state index contributed by atoms with van der Waals surface area (Å²) < 4.78 is 5.57. The zero-order valence-corrected chi connectivity index (χ0v) is 14.5. The van der Waals surface area contributed by atoms with Crippen molar-refractivity contribution in [3.05, 3.63) is 54.1 Å². The van der Waals surface area contributed by atoms with Crippen molar-refractivity contribution in [2.45, 2.75) is 32.7 Å². The molecule has 1 aliphatic rings. The van der Waals surface area contributed by atoms with Crippen LogP contribution in [0.1, 0.15) is 25.8 Å². The summed E-state index contributed by atoms with van der Waals surface area (Å²) in [5.74, 6) is 0.0769. The highest BCUT2D eigenvalue weighted by Gasteiger charge is 2.40. The minimum atomic E-state index is -0.560. The first-order valence-electron chi connectivity index (χ1n) is 8.58. The number of nitrogens with one attached hydrogen (secondary N) is 1. The Bertz CT molecular complexity index is 788. The summed E-state index contributed by atoms with van der Waals surface area (Å²) in [6, 6.07) is 14.4. The summed E-state index contributed by atoms with van der Waals surface area (Å²) in [5, 5.41) is 3.24. The lowest BCUT2D eigenvalue weighted by molar-refractivity contribution is -0.121. The molecule has 0 aliphatic carbocycles. The minimum absolute atomic E-state index is 0.136. The van der Waals surface area contributed by atoms with E-state index in [-0.39, 0.29) is 18.2 Å². The molecule has 1 saturated heterocycles. The van der Waals surface area contributed by atoms with E-state index in [2.05, 4.69) is 12.2 Å². The molecule has 5 nitrogen and oxygen atoms in total. The van der Waals surface area contributed by atoms with Crippen LogP contribution in [0.3, 0.4) is 0 Å². The molecule has 25 heavy (non-hydrogen) atoms. The molecule has 1 N–H and O–H groups in total. The minimum Gasteiger partial charge on any atom is -0.492 e. The summed E-state index contributed by atoms with van der Waals surface area (Å²) in [6.45, 7) is 4.40. The first kappa shape index (κ1) is 17.0. The summed E-state index contributed by atoms with van der Waals surface area (Å²) in [6.07, 6.45) is 0.992. The lowest BCUT2D eigenvalue weighted by atomic mass is 10.1. The topological polar surface area (TPSA) is 58.6 Å². The fourth-order valence-corrected chi connectivity index (χ4v) is 3.07. The first-order chi connectivity index (χ1) is 12.2. The Labute approximate surface area is 147 Å². The molecule has 1 heterocycles. The number of rotatable bonds is 6. The molecule has 3 rings (SSSR count). The van der Waals surface area contributed by atoms with E-state index in [1.54, 1.807) is 18.2 Å². The molecule has 2 amide bonds. The van der Waals surface area contributed by atoms with Crippen LogP contribution in [-0.2, 0) is 16.0 Å². The Hall–Kier alpha value is -2.82. The van der Waals surface area contributed by atoms with Crippen molar-refractivity contribution in [2.24, 2.45) is 0 Å². The van der Waals surface area contributed by atoms with E-state index in [1.165, 1.54) is 4.90 Å². The fourth-order valence-electron chi connectivity index (χ4n) is 3.07. The van der Waals surface area contributed by atoms with Crippen molar-refractivity contribution in [3.63, 3.8) is 0 Å². The number of ether oxygens (including phenoxy) is 1. The van der Waals surface area contributed by atoms with Crippen molar-refractivity contribution < 1.29 is 14.3 Å². The van der Waals surface area contributed by atoms with E-state index < -0.39 is 6.04 Å². The zero-order chi connectivity index (χ0) is 17.8. The third-order valence-corrected chi connectivity index (χ3v) is 4.28. The van der Waals surface area contributed by atoms with Gasteiger partial charge in [-0.3, -0.25) is 9.59 Å². The number of amides is 2. The predicted molar refractivity (Wildman–Crippen MR) is 98.0 cm³/mol. The molecule has 0 aromatic heterocycles. The van der Waals surface area contributed by atoms with Gasteiger partial charge in [-0.25, -0.2) is 4.90 Å². The van der Waals surface area contributed by atoms with Crippen LogP contribution in [-0.4, -0.2) is 24.5 Å². The van der Waals surface area contributed by atoms with Gasteiger partial charge in [-0.2, -0.15) is 0 Å². The molecule has 0 bridgehead atoms. The molecule has 1 aliphatic heterocycles. The standard InChI is InChI=1S/C20H22N2O3/c1-3-14-9-5-6-10-15(14)21-16-13-19(23)22(20(16)24)17-11-7-8-12-18(17)25-4-2/h5-12,16,21H,3-4,13H2,1-2H3/t16-/m1/s1. The van der Waals surface area contributed by atoms with Crippen molar-refractivity contribution in [1.82, 2.24) is 0 Å². The lowest BCUT2D eigenvalue weighted by Crippen LogP contribution is -2.35. The summed E-state index contributed by atoms with van der Waals surface area (Å²) >= 11 is 0. The Balaban J connectivity index is 1.86. The highest BCUT2D eigenvalue weighted by Crippen LogP contribution is 2.33. The van der Waals surface area contributed by atoms with Crippen LogP contribution >= 0.6 is 0 Å². The van der Waals surface area contributed by atoms with Gasteiger partial charge >= 0.3 is 0 Å². The van der Waals surface area contributed by atoms with E-state index in [1.807, 2.05) is 37.3 Å². The average molecular weight is 338 g/mol. The summed E-state index contributed by atoms with van der Waals surface area (Å²) in [5.41, 5.74) is 2.53. The maximum atomic E-state index is 12.9. The number of imide groups is 1. The van der Waals surface area contributed by atoms with E-state index in [9.17, 15) is 9.59 Å². The second-order valence-corrected chi connectivity index (χ2v) is 5.88. The predicted octanol–water partition coefficient (Wildman–Crippen LogP) is 3.39. The number of nitrogens with zero attached hydrogens (tertiary/aromatic N) is 1. The number of carbonyl (C=O) groups is 2. The normalized spacial score (nSPS) is 17.0. The number of anilines is 2. The second-order valence-electron chi connectivity index (χ2n) is 5.88.